The minimum absolute atomic E-state index is 0.00740. The summed E-state index contributed by atoms with van der Waals surface area (Å²) in [4.78, 5) is 14.1. The molecule has 0 saturated heterocycles. The lowest BCUT2D eigenvalue weighted by Crippen LogP contribution is -2.36. The lowest BCUT2D eigenvalue weighted by molar-refractivity contribution is -0.135. The molecule has 21 heavy (non-hydrogen) atoms. The van der Waals surface area contributed by atoms with E-state index >= 15 is 0 Å². The van der Waals surface area contributed by atoms with E-state index in [0.29, 0.717) is 6.54 Å². The van der Waals surface area contributed by atoms with Crippen LogP contribution in [0.4, 0.5) is 0 Å². The first kappa shape index (κ1) is 15.3. The molecule has 5 heteroatoms. The van der Waals surface area contributed by atoms with Crippen LogP contribution in [0, 0.1) is 12.8 Å². The molecule has 0 spiro atoms. The predicted octanol–water partition coefficient (Wildman–Crippen LogP) is 2.28. The van der Waals surface area contributed by atoms with E-state index in [-0.39, 0.29) is 17.9 Å². The highest BCUT2D eigenvalue weighted by atomic mass is 16.5. The first-order valence-electron chi connectivity index (χ1n) is 6.96. The molecular formula is C16H21N3O2. The topological polar surface area (TPSA) is 72.4 Å². The van der Waals surface area contributed by atoms with Crippen molar-refractivity contribution in [3.63, 3.8) is 0 Å². The second-order valence-corrected chi connectivity index (χ2v) is 5.35. The van der Waals surface area contributed by atoms with Crippen LogP contribution in [0.2, 0.25) is 0 Å². The molecular weight excluding hydrogens is 266 g/mol. The second kappa shape index (κ2) is 6.54. The molecule has 0 bridgehead atoms. The van der Waals surface area contributed by atoms with Crippen LogP contribution < -0.4 is 5.73 Å². The average Bonchev–Trinajstić information content (AvgIpc) is 2.90. The van der Waals surface area contributed by atoms with E-state index in [1.165, 1.54) is 0 Å². The zero-order valence-corrected chi connectivity index (χ0v) is 12.6. The number of carbonyl (C=O) groups is 1. The van der Waals surface area contributed by atoms with Crippen molar-refractivity contribution >= 4 is 5.91 Å². The van der Waals surface area contributed by atoms with E-state index in [9.17, 15) is 4.79 Å². The number of amides is 1. The molecule has 0 aliphatic rings. The average molecular weight is 287 g/mol. The van der Waals surface area contributed by atoms with Crippen molar-refractivity contribution in [1.29, 1.82) is 0 Å². The lowest BCUT2D eigenvalue weighted by Gasteiger charge is -2.25. The van der Waals surface area contributed by atoms with Crippen molar-refractivity contribution in [2.45, 2.75) is 26.4 Å². The van der Waals surface area contributed by atoms with E-state index in [4.69, 9.17) is 10.3 Å². The molecule has 0 saturated carbocycles. The minimum atomic E-state index is -0.319. The number of rotatable bonds is 5. The van der Waals surface area contributed by atoms with Crippen molar-refractivity contribution < 1.29 is 9.32 Å². The third kappa shape index (κ3) is 3.70. The zero-order chi connectivity index (χ0) is 15.4. The highest BCUT2D eigenvalue weighted by molar-refractivity contribution is 5.79. The summed E-state index contributed by atoms with van der Waals surface area (Å²) in [6, 6.07) is 11.2. The summed E-state index contributed by atoms with van der Waals surface area (Å²) in [6.07, 6.45) is 0. The number of nitrogens with zero attached hydrogens (tertiary/aromatic N) is 2. The Labute approximate surface area is 124 Å². The van der Waals surface area contributed by atoms with Gasteiger partial charge >= 0.3 is 0 Å². The van der Waals surface area contributed by atoms with Gasteiger partial charge in [-0.1, -0.05) is 42.4 Å². The van der Waals surface area contributed by atoms with E-state index < -0.39 is 0 Å². The molecule has 2 N–H and O–H groups in total. The Kier molecular flexibility index (Phi) is 4.75. The molecule has 0 aliphatic carbocycles. The Bertz CT molecular complexity index is 595. The summed E-state index contributed by atoms with van der Waals surface area (Å²) in [7, 11) is 1.75. The fourth-order valence-electron chi connectivity index (χ4n) is 2.28. The van der Waals surface area contributed by atoms with E-state index in [2.05, 4.69) is 5.16 Å². The third-order valence-corrected chi connectivity index (χ3v) is 3.56. The molecule has 2 rings (SSSR count). The van der Waals surface area contributed by atoms with Gasteiger partial charge in [-0.15, -0.1) is 0 Å². The molecule has 1 amide bonds. The van der Waals surface area contributed by atoms with Crippen LogP contribution in [-0.4, -0.2) is 23.0 Å². The number of hydrogen-bond acceptors (Lipinski definition) is 4. The highest BCUT2D eigenvalue weighted by Gasteiger charge is 2.25. The monoisotopic (exact) mass is 287 g/mol. The van der Waals surface area contributed by atoms with Gasteiger partial charge in [0.1, 0.15) is 11.5 Å². The molecule has 0 fully saturated rings. The van der Waals surface area contributed by atoms with Crippen molar-refractivity contribution in [3.8, 4) is 0 Å². The quantitative estimate of drug-likeness (QED) is 0.915. The van der Waals surface area contributed by atoms with E-state index in [1.807, 2.05) is 50.2 Å². The number of hydrogen-bond donors (Lipinski definition) is 1. The predicted molar refractivity (Wildman–Crippen MR) is 80.2 cm³/mol. The number of carbonyl (C=O) groups excluding carboxylic acids is 1. The fraction of sp³-hybridized carbons (Fsp3) is 0.375. The normalized spacial score (nSPS) is 13.7. The standard InChI is InChI=1S/C16H21N3O2/c1-11-9-14(18-21-11)10-19(3)16(20)12(2)15(17)13-7-5-4-6-8-13/h4-9,12,15H,10,17H2,1-3H3. The van der Waals surface area contributed by atoms with Gasteiger partial charge in [0, 0.05) is 19.2 Å². The lowest BCUT2D eigenvalue weighted by atomic mass is 9.94. The van der Waals surface area contributed by atoms with Gasteiger partial charge in [-0.05, 0) is 12.5 Å². The SMILES string of the molecule is Cc1cc(CN(C)C(=O)C(C)C(N)c2ccccc2)no1. The Morgan fingerprint density at radius 2 is 2.05 bits per heavy atom. The summed E-state index contributed by atoms with van der Waals surface area (Å²) in [5.41, 5.74) is 7.89. The third-order valence-electron chi connectivity index (χ3n) is 3.56. The van der Waals surface area contributed by atoms with Crippen LogP contribution in [0.3, 0.4) is 0 Å². The maximum atomic E-state index is 12.5. The van der Waals surface area contributed by atoms with Crippen molar-refractivity contribution in [3.05, 3.63) is 53.4 Å². The largest absolute Gasteiger partial charge is 0.361 e. The Hall–Kier alpha value is -2.14. The molecule has 112 valence electrons. The second-order valence-electron chi connectivity index (χ2n) is 5.35. The Balaban J connectivity index is 2.01. The Morgan fingerprint density at radius 3 is 2.62 bits per heavy atom. The number of aromatic nitrogens is 1. The maximum Gasteiger partial charge on any atom is 0.227 e. The van der Waals surface area contributed by atoms with Gasteiger partial charge in [0.05, 0.1) is 12.5 Å². The molecule has 2 unspecified atom stereocenters. The molecule has 1 aromatic heterocycles. The smallest absolute Gasteiger partial charge is 0.227 e. The van der Waals surface area contributed by atoms with Crippen LogP contribution in [0.15, 0.2) is 40.9 Å². The minimum Gasteiger partial charge on any atom is -0.361 e. The molecule has 2 aromatic rings. The van der Waals surface area contributed by atoms with Crippen LogP contribution in [0.1, 0.15) is 30.0 Å². The van der Waals surface area contributed by atoms with Crippen LogP contribution in [0.25, 0.3) is 0 Å². The highest BCUT2D eigenvalue weighted by Crippen LogP contribution is 2.21. The van der Waals surface area contributed by atoms with E-state index in [1.54, 1.807) is 11.9 Å². The first-order valence-corrected chi connectivity index (χ1v) is 6.96. The molecule has 5 nitrogen and oxygen atoms in total. The van der Waals surface area contributed by atoms with Crippen molar-refractivity contribution in [1.82, 2.24) is 10.1 Å². The Morgan fingerprint density at radius 1 is 1.38 bits per heavy atom. The molecule has 1 aromatic carbocycles. The van der Waals surface area contributed by atoms with Crippen molar-refractivity contribution in [2.24, 2.45) is 11.7 Å². The van der Waals surface area contributed by atoms with Crippen LogP contribution >= 0.6 is 0 Å². The first-order chi connectivity index (χ1) is 9.99. The van der Waals surface area contributed by atoms with Gasteiger partial charge in [-0.3, -0.25) is 4.79 Å². The summed E-state index contributed by atoms with van der Waals surface area (Å²) in [5.74, 6) is 0.428. The molecule has 1 heterocycles. The number of aryl methyl sites for hydroxylation is 1. The summed E-state index contributed by atoms with van der Waals surface area (Å²) in [6.45, 7) is 4.10. The van der Waals surface area contributed by atoms with Crippen LogP contribution in [-0.2, 0) is 11.3 Å². The molecule has 0 aliphatic heterocycles. The summed E-state index contributed by atoms with van der Waals surface area (Å²) in [5, 5.41) is 3.90. The number of nitrogens with two attached hydrogens (primary N) is 1. The van der Waals surface area contributed by atoms with Gasteiger partial charge in [0.25, 0.3) is 0 Å². The summed E-state index contributed by atoms with van der Waals surface area (Å²) >= 11 is 0. The van der Waals surface area contributed by atoms with Crippen LogP contribution in [0.5, 0.6) is 0 Å². The molecule has 2 atom stereocenters. The zero-order valence-electron chi connectivity index (χ0n) is 12.6. The maximum absolute atomic E-state index is 12.5. The van der Waals surface area contributed by atoms with Gasteiger partial charge < -0.3 is 15.2 Å². The number of benzene rings is 1. The van der Waals surface area contributed by atoms with Gasteiger partial charge in [0.15, 0.2) is 0 Å². The fourth-order valence-corrected chi connectivity index (χ4v) is 2.28. The van der Waals surface area contributed by atoms with Gasteiger partial charge in [-0.2, -0.15) is 0 Å². The van der Waals surface area contributed by atoms with Gasteiger partial charge in [-0.25, -0.2) is 0 Å². The van der Waals surface area contributed by atoms with Gasteiger partial charge in [0.2, 0.25) is 5.91 Å². The van der Waals surface area contributed by atoms with E-state index in [0.717, 1.165) is 17.0 Å². The van der Waals surface area contributed by atoms with Crippen molar-refractivity contribution in [2.75, 3.05) is 7.05 Å². The molecule has 0 radical (unpaired) electrons. The summed E-state index contributed by atoms with van der Waals surface area (Å²) < 4.78 is 5.01.